The highest BCUT2D eigenvalue weighted by Gasteiger charge is 2.06. The van der Waals surface area contributed by atoms with Crippen molar-refractivity contribution in [3.05, 3.63) is 40.3 Å². The first-order chi connectivity index (χ1) is 7.61. The van der Waals surface area contributed by atoms with Crippen molar-refractivity contribution in [2.24, 2.45) is 0 Å². The molecule has 0 atom stereocenters. The highest BCUT2D eigenvalue weighted by Crippen LogP contribution is 2.16. The van der Waals surface area contributed by atoms with Gasteiger partial charge in [-0.15, -0.1) is 0 Å². The summed E-state index contributed by atoms with van der Waals surface area (Å²) >= 11 is 5.93. The first-order valence-electron chi connectivity index (χ1n) is 4.91. The van der Waals surface area contributed by atoms with Gasteiger partial charge < -0.3 is 5.11 Å². The van der Waals surface area contributed by atoms with Gasteiger partial charge in [-0.1, -0.05) is 17.7 Å². The number of hydrogen-bond acceptors (Lipinski definition) is 3. The molecule has 84 valence electrons. The van der Waals surface area contributed by atoms with Gasteiger partial charge in [-0.3, -0.25) is 0 Å². The topological polar surface area (TPSA) is 50.9 Å². The molecule has 0 fully saturated rings. The Balaban J connectivity index is 2.45. The molecule has 2 rings (SSSR count). The largest absolute Gasteiger partial charge is 0.392 e. The number of aliphatic hydroxyl groups excluding tert-OH is 1. The Morgan fingerprint density at radius 1 is 1.31 bits per heavy atom. The summed E-state index contributed by atoms with van der Waals surface area (Å²) in [6.45, 7) is 3.69. The predicted molar refractivity (Wildman–Crippen MR) is 61.8 cm³/mol. The molecule has 0 unspecified atom stereocenters. The second-order valence-electron chi connectivity index (χ2n) is 3.58. The van der Waals surface area contributed by atoms with Crippen LogP contribution >= 0.6 is 11.6 Å². The van der Waals surface area contributed by atoms with Crippen LogP contribution in [0.4, 0.5) is 0 Å². The number of halogens is 1. The molecule has 0 radical (unpaired) electrons. The molecule has 0 saturated carbocycles. The Morgan fingerprint density at radius 2 is 2.06 bits per heavy atom. The van der Waals surface area contributed by atoms with Gasteiger partial charge in [0.05, 0.1) is 23.5 Å². The van der Waals surface area contributed by atoms with Crippen molar-refractivity contribution < 1.29 is 5.11 Å². The third-order valence-corrected chi connectivity index (χ3v) is 2.80. The molecule has 0 saturated heterocycles. The number of aryl methyl sites for hydroxylation is 2. The number of hydrogen-bond donors (Lipinski definition) is 1. The van der Waals surface area contributed by atoms with Crippen LogP contribution in [0.15, 0.2) is 18.3 Å². The molecule has 16 heavy (non-hydrogen) atoms. The number of nitrogens with zero attached hydrogens (tertiary/aromatic N) is 3. The van der Waals surface area contributed by atoms with Gasteiger partial charge in [0, 0.05) is 5.69 Å². The Labute approximate surface area is 98.5 Å². The zero-order chi connectivity index (χ0) is 11.7. The van der Waals surface area contributed by atoms with Crippen LogP contribution < -0.4 is 0 Å². The zero-order valence-electron chi connectivity index (χ0n) is 9.11. The highest BCUT2D eigenvalue weighted by molar-refractivity contribution is 6.31. The van der Waals surface area contributed by atoms with Crippen LogP contribution in [-0.2, 0) is 6.61 Å². The fourth-order valence-corrected chi connectivity index (χ4v) is 1.56. The first-order valence-corrected chi connectivity index (χ1v) is 5.29. The van der Waals surface area contributed by atoms with E-state index in [0.717, 1.165) is 17.0 Å². The Hall–Kier alpha value is -1.39. The summed E-state index contributed by atoms with van der Waals surface area (Å²) in [6, 6.07) is 3.64. The predicted octanol–water partition coefficient (Wildman–Crippen LogP) is 2.03. The van der Waals surface area contributed by atoms with Crippen LogP contribution in [0.25, 0.3) is 5.82 Å². The Bertz CT molecular complexity index is 502. The molecule has 0 amide bonds. The molecule has 5 heteroatoms. The molecule has 0 aliphatic rings. The normalized spacial score (nSPS) is 10.8. The van der Waals surface area contributed by atoms with E-state index in [1.54, 1.807) is 16.9 Å². The van der Waals surface area contributed by atoms with Gasteiger partial charge in [0.2, 0.25) is 0 Å². The number of aromatic nitrogens is 3. The molecule has 0 bridgehead atoms. The molecule has 0 spiro atoms. The van der Waals surface area contributed by atoms with Crippen molar-refractivity contribution in [1.29, 1.82) is 0 Å². The highest BCUT2D eigenvalue weighted by atomic mass is 35.5. The minimum Gasteiger partial charge on any atom is -0.392 e. The maximum absolute atomic E-state index is 9.04. The fourth-order valence-electron chi connectivity index (χ4n) is 1.43. The lowest BCUT2D eigenvalue weighted by Gasteiger charge is -2.05. The molecule has 0 aliphatic carbocycles. The Kier molecular flexibility index (Phi) is 2.94. The van der Waals surface area contributed by atoms with Crippen molar-refractivity contribution in [3.8, 4) is 5.82 Å². The second-order valence-corrected chi connectivity index (χ2v) is 3.99. The van der Waals surface area contributed by atoms with Crippen LogP contribution in [-0.4, -0.2) is 19.9 Å². The van der Waals surface area contributed by atoms with E-state index in [9.17, 15) is 0 Å². The monoisotopic (exact) mass is 237 g/mol. The van der Waals surface area contributed by atoms with E-state index in [-0.39, 0.29) is 6.61 Å². The van der Waals surface area contributed by atoms with Crippen molar-refractivity contribution in [3.63, 3.8) is 0 Å². The molecular formula is C11H12ClN3O. The quantitative estimate of drug-likeness (QED) is 0.870. The molecular weight excluding hydrogens is 226 g/mol. The van der Waals surface area contributed by atoms with Gasteiger partial charge in [0.1, 0.15) is 0 Å². The fraction of sp³-hybridized carbons (Fsp3) is 0.273. The van der Waals surface area contributed by atoms with E-state index in [1.165, 1.54) is 0 Å². The Morgan fingerprint density at radius 3 is 2.56 bits per heavy atom. The molecule has 0 aromatic carbocycles. The summed E-state index contributed by atoms with van der Waals surface area (Å²) < 4.78 is 1.63. The minimum absolute atomic E-state index is 0.00198. The van der Waals surface area contributed by atoms with Crippen molar-refractivity contribution >= 4 is 11.6 Å². The maximum atomic E-state index is 9.04. The third kappa shape index (κ3) is 1.94. The molecule has 2 heterocycles. The average Bonchev–Trinajstić information content (AvgIpc) is 2.59. The first kappa shape index (κ1) is 11.1. The van der Waals surface area contributed by atoms with Gasteiger partial charge >= 0.3 is 0 Å². The number of rotatable bonds is 2. The van der Waals surface area contributed by atoms with Crippen molar-refractivity contribution in [1.82, 2.24) is 14.8 Å². The summed E-state index contributed by atoms with van der Waals surface area (Å²) in [5.41, 5.74) is 2.38. The molecule has 2 aromatic heterocycles. The van der Waals surface area contributed by atoms with Gasteiger partial charge in [-0.25, -0.2) is 9.67 Å². The lowest BCUT2D eigenvalue weighted by molar-refractivity contribution is 0.280. The van der Waals surface area contributed by atoms with Crippen LogP contribution in [0.1, 0.15) is 17.0 Å². The van der Waals surface area contributed by atoms with Gasteiger partial charge in [-0.05, 0) is 25.5 Å². The van der Waals surface area contributed by atoms with Crippen LogP contribution in [0, 0.1) is 13.8 Å². The van der Waals surface area contributed by atoms with E-state index in [1.807, 2.05) is 19.9 Å². The van der Waals surface area contributed by atoms with Crippen LogP contribution in [0.2, 0.25) is 5.02 Å². The van der Waals surface area contributed by atoms with Gasteiger partial charge in [0.15, 0.2) is 5.82 Å². The second kappa shape index (κ2) is 4.23. The summed E-state index contributed by atoms with van der Waals surface area (Å²) in [6.07, 6.45) is 1.72. The summed E-state index contributed by atoms with van der Waals surface area (Å²) in [5.74, 6) is 0.699. The zero-order valence-corrected chi connectivity index (χ0v) is 9.86. The van der Waals surface area contributed by atoms with Gasteiger partial charge in [0.25, 0.3) is 0 Å². The van der Waals surface area contributed by atoms with E-state index in [0.29, 0.717) is 10.8 Å². The van der Waals surface area contributed by atoms with E-state index >= 15 is 0 Å². The summed E-state index contributed by atoms with van der Waals surface area (Å²) in [4.78, 5) is 4.35. The minimum atomic E-state index is -0.00198. The van der Waals surface area contributed by atoms with E-state index < -0.39 is 0 Å². The van der Waals surface area contributed by atoms with Gasteiger partial charge in [-0.2, -0.15) is 5.10 Å². The van der Waals surface area contributed by atoms with Crippen molar-refractivity contribution in [2.75, 3.05) is 0 Å². The summed E-state index contributed by atoms with van der Waals surface area (Å²) in [7, 11) is 0. The maximum Gasteiger partial charge on any atom is 0.153 e. The average molecular weight is 238 g/mol. The van der Waals surface area contributed by atoms with Crippen LogP contribution in [0.3, 0.4) is 0 Å². The van der Waals surface area contributed by atoms with Crippen molar-refractivity contribution in [2.45, 2.75) is 20.5 Å². The lowest BCUT2D eigenvalue weighted by Crippen LogP contribution is -2.02. The standard InChI is InChI=1S/C11H12ClN3O/c1-7-9(6-16)3-4-11(13-7)15-5-10(12)8(2)14-15/h3-5,16H,6H2,1-2H3. The van der Waals surface area contributed by atoms with E-state index in [4.69, 9.17) is 16.7 Å². The molecule has 1 N–H and O–H groups in total. The van der Waals surface area contributed by atoms with E-state index in [2.05, 4.69) is 10.1 Å². The number of aliphatic hydroxyl groups is 1. The molecule has 0 aliphatic heterocycles. The molecule has 4 nitrogen and oxygen atoms in total. The van der Waals surface area contributed by atoms with Crippen LogP contribution in [0.5, 0.6) is 0 Å². The SMILES string of the molecule is Cc1nn(-c2ccc(CO)c(C)n2)cc1Cl. The summed E-state index contributed by atoms with van der Waals surface area (Å²) in [5, 5.41) is 13.9. The molecule has 2 aromatic rings. The number of pyridine rings is 1. The third-order valence-electron chi connectivity index (χ3n) is 2.42. The lowest BCUT2D eigenvalue weighted by atomic mass is 10.2. The smallest absolute Gasteiger partial charge is 0.153 e.